The third kappa shape index (κ3) is 4.42. The molecule has 4 N–H and O–H groups in total. The standard InChI is InChI=1S/C27H36N2O9/c1-14-6-7-18(31)22-21(14)26-11-13-29(5)17(4)27(26,35)10-8-19(23(26)38-22)37-25(34)16(3)36-20(32)9-12-28-24(33)15(2)30/h6-8,15-17,23,30-31,35H,9-13H2,1-5H3,(H,28,33)/t15-,16-,17+,23-,26-,27+/m0/s1. The number of phenols is 1. The number of piperidine rings is 1. The van der Waals surface area contributed by atoms with Crippen molar-refractivity contribution in [2.24, 2.45) is 0 Å². The molecule has 1 aliphatic carbocycles. The first-order chi connectivity index (χ1) is 17.8. The number of benzene rings is 1. The van der Waals surface area contributed by atoms with E-state index < -0.39 is 47.2 Å². The van der Waals surface area contributed by atoms with E-state index in [2.05, 4.69) is 10.2 Å². The number of ether oxygens (including phenoxy) is 3. The van der Waals surface area contributed by atoms with Crippen LogP contribution in [0.5, 0.6) is 11.5 Å². The lowest BCUT2D eigenvalue weighted by Gasteiger charge is -2.58. The van der Waals surface area contributed by atoms with E-state index in [4.69, 9.17) is 14.2 Å². The summed E-state index contributed by atoms with van der Waals surface area (Å²) >= 11 is 0. The molecular formula is C27H36N2O9. The zero-order valence-corrected chi connectivity index (χ0v) is 22.3. The average Bonchev–Trinajstić information content (AvgIpc) is 3.23. The highest BCUT2D eigenvalue weighted by Gasteiger charge is 2.69. The van der Waals surface area contributed by atoms with Gasteiger partial charge in [0.2, 0.25) is 5.91 Å². The summed E-state index contributed by atoms with van der Waals surface area (Å²) in [5.74, 6) is -1.76. The Morgan fingerprint density at radius 1 is 1.29 bits per heavy atom. The number of fused-ring (bicyclic) bond motifs is 1. The quantitative estimate of drug-likeness (QED) is 0.371. The number of aryl methyl sites for hydroxylation is 1. The predicted octanol–water partition coefficient (Wildman–Crippen LogP) is 0.804. The van der Waals surface area contributed by atoms with Crippen LogP contribution in [-0.4, -0.2) is 88.2 Å². The number of aliphatic hydroxyl groups is 2. The van der Waals surface area contributed by atoms with Gasteiger partial charge >= 0.3 is 11.9 Å². The lowest BCUT2D eigenvalue weighted by molar-refractivity contribution is -0.171. The number of hydrogen-bond donors (Lipinski definition) is 4. The van der Waals surface area contributed by atoms with Gasteiger partial charge in [-0.3, -0.25) is 9.59 Å². The van der Waals surface area contributed by atoms with Crippen molar-refractivity contribution in [3.63, 3.8) is 0 Å². The van der Waals surface area contributed by atoms with Gasteiger partial charge in [-0.05, 0) is 65.4 Å². The molecule has 3 aliphatic rings. The number of nitrogens with zero attached hydrogens (tertiary/aromatic N) is 1. The normalized spacial score (nSPS) is 29.5. The van der Waals surface area contributed by atoms with Gasteiger partial charge in [0.25, 0.3) is 0 Å². The fourth-order valence-electron chi connectivity index (χ4n) is 5.94. The van der Waals surface area contributed by atoms with Gasteiger partial charge in [-0.25, -0.2) is 4.79 Å². The van der Waals surface area contributed by atoms with Gasteiger partial charge in [0.05, 0.1) is 17.4 Å². The molecule has 1 aromatic carbocycles. The lowest BCUT2D eigenvalue weighted by atomic mass is 9.54. The molecule has 1 aromatic rings. The van der Waals surface area contributed by atoms with Crippen molar-refractivity contribution in [2.45, 2.75) is 82.3 Å². The molecule has 0 radical (unpaired) electrons. The Bertz CT molecular complexity index is 1170. The van der Waals surface area contributed by atoms with E-state index in [1.54, 1.807) is 18.2 Å². The number of nitrogens with one attached hydrogen (secondary N) is 1. The summed E-state index contributed by atoms with van der Waals surface area (Å²) in [6, 6.07) is 3.07. The number of likely N-dealkylation sites (tertiary alicyclic amines) is 1. The molecule has 2 aliphatic heterocycles. The van der Waals surface area contributed by atoms with E-state index in [-0.39, 0.29) is 42.7 Å². The Labute approximate surface area is 221 Å². The van der Waals surface area contributed by atoms with Crippen LogP contribution >= 0.6 is 0 Å². The minimum absolute atomic E-state index is 0.0553. The van der Waals surface area contributed by atoms with Crippen LogP contribution in [-0.2, 0) is 29.3 Å². The number of hydrogen-bond acceptors (Lipinski definition) is 10. The van der Waals surface area contributed by atoms with E-state index in [1.165, 1.54) is 13.8 Å². The smallest absolute Gasteiger partial charge is 0.352 e. The molecule has 11 nitrogen and oxygen atoms in total. The summed E-state index contributed by atoms with van der Waals surface area (Å²) in [5, 5.41) is 34.4. The second-order valence-electron chi connectivity index (χ2n) is 10.5. The van der Waals surface area contributed by atoms with Gasteiger partial charge in [-0.15, -0.1) is 0 Å². The van der Waals surface area contributed by atoms with E-state index >= 15 is 0 Å². The van der Waals surface area contributed by atoms with Gasteiger partial charge < -0.3 is 39.7 Å². The largest absolute Gasteiger partial charge is 0.504 e. The van der Waals surface area contributed by atoms with Crippen molar-refractivity contribution in [3.8, 4) is 11.5 Å². The number of carbonyl (C=O) groups excluding carboxylic acids is 3. The van der Waals surface area contributed by atoms with Gasteiger partial charge in [-0.1, -0.05) is 6.07 Å². The minimum Gasteiger partial charge on any atom is -0.504 e. The minimum atomic E-state index is -1.26. The first kappa shape index (κ1) is 27.9. The molecule has 0 saturated carbocycles. The van der Waals surface area contributed by atoms with Crippen molar-refractivity contribution in [1.82, 2.24) is 10.2 Å². The third-order valence-electron chi connectivity index (χ3n) is 8.20. The Kier molecular flexibility index (Phi) is 7.48. The fourth-order valence-corrected chi connectivity index (χ4v) is 5.94. The molecular weight excluding hydrogens is 496 g/mol. The summed E-state index contributed by atoms with van der Waals surface area (Å²) in [6.45, 7) is 7.13. The summed E-state index contributed by atoms with van der Waals surface area (Å²) in [7, 11) is 1.95. The molecule has 0 aromatic heterocycles. The number of esters is 2. The zero-order valence-electron chi connectivity index (χ0n) is 22.3. The Hall–Kier alpha value is -3.15. The van der Waals surface area contributed by atoms with Crippen LogP contribution in [0.15, 0.2) is 24.0 Å². The monoisotopic (exact) mass is 532 g/mol. The number of amides is 1. The molecule has 1 fully saturated rings. The first-order valence-corrected chi connectivity index (χ1v) is 12.8. The van der Waals surface area contributed by atoms with Crippen LogP contribution in [0.3, 0.4) is 0 Å². The number of aromatic hydroxyl groups is 1. The van der Waals surface area contributed by atoms with Crippen molar-refractivity contribution in [3.05, 3.63) is 35.1 Å². The molecule has 208 valence electrons. The summed E-state index contributed by atoms with van der Waals surface area (Å²) in [6.07, 6.45) is -1.19. The molecule has 1 saturated heterocycles. The van der Waals surface area contributed by atoms with Gasteiger partial charge in [0.1, 0.15) is 11.9 Å². The SMILES string of the molecule is Cc1ccc(O)c2c1[C@]13CCN(C)[C@H](C)[C@]1(O)CC=C(OC(=O)[C@H](C)OC(=O)CCNC(=O)[C@H](C)O)[C@@H]3O2. The van der Waals surface area contributed by atoms with E-state index in [9.17, 15) is 29.7 Å². The molecule has 2 heterocycles. The van der Waals surface area contributed by atoms with Gasteiger partial charge in [0.15, 0.2) is 23.7 Å². The van der Waals surface area contributed by atoms with E-state index in [0.717, 1.165) is 5.56 Å². The van der Waals surface area contributed by atoms with Crippen molar-refractivity contribution >= 4 is 17.8 Å². The Morgan fingerprint density at radius 3 is 2.68 bits per heavy atom. The molecule has 1 spiro atoms. The maximum Gasteiger partial charge on any atom is 0.352 e. The molecule has 1 amide bonds. The van der Waals surface area contributed by atoms with Crippen LogP contribution in [0, 0.1) is 6.92 Å². The molecule has 0 unspecified atom stereocenters. The lowest BCUT2D eigenvalue weighted by Crippen LogP contribution is -2.71. The van der Waals surface area contributed by atoms with E-state index in [1.807, 2.05) is 20.9 Å². The van der Waals surface area contributed by atoms with E-state index in [0.29, 0.717) is 18.5 Å². The molecule has 4 rings (SSSR count). The van der Waals surface area contributed by atoms with Crippen LogP contribution in [0.4, 0.5) is 0 Å². The molecule has 11 heteroatoms. The highest BCUT2D eigenvalue weighted by Crippen LogP contribution is 2.62. The second kappa shape index (κ2) is 10.2. The zero-order chi connectivity index (χ0) is 28.0. The van der Waals surface area contributed by atoms with Crippen LogP contribution in [0.1, 0.15) is 51.2 Å². The van der Waals surface area contributed by atoms with Crippen molar-refractivity contribution in [2.75, 3.05) is 20.1 Å². The predicted molar refractivity (Wildman–Crippen MR) is 134 cm³/mol. The summed E-state index contributed by atoms with van der Waals surface area (Å²) < 4.78 is 17.1. The highest BCUT2D eigenvalue weighted by atomic mass is 16.6. The summed E-state index contributed by atoms with van der Waals surface area (Å²) in [5.41, 5.74) is -0.666. The highest BCUT2D eigenvalue weighted by molar-refractivity contribution is 5.82. The fraction of sp³-hybridized carbons (Fsp3) is 0.593. The summed E-state index contributed by atoms with van der Waals surface area (Å²) in [4.78, 5) is 38.6. The van der Waals surface area contributed by atoms with Gasteiger partial charge in [0, 0.05) is 24.6 Å². The third-order valence-corrected chi connectivity index (χ3v) is 8.20. The molecule has 38 heavy (non-hydrogen) atoms. The maximum absolute atomic E-state index is 12.9. The van der Waals surface area contributed by atoms with Crippen molar-refractivity contribution in [1.29, 1.82) is 0 Å². The maximum atomic E-state index is 12.9. The Balaban J connectivity index is 1.54. The van der Waals surface area contributed by atoms with Crippen LogP contribution in [0.25, 0.3) is 0 Å². The number of phenolic OH excluding ortho intramolecular Hbond substituents is 1. The second-order valence-corrected chi connectivity index (χ2v) is 10.5. The number of aliphatic hydroxyl groups excluding tert-OH is 1. The van der Waals surface area contributed by atoms with Gasteiger partial charge in [-0.2, -0.15) is 0 Å². The first-order valence-electron chi connectivity index (χ1n) is 12.8. The number of rotatable bonds is 7. The topological polar surface area (TPSA) is 155 Å². The number of carbonyl (C=O) groups is 3. The average molecular weight is 533 g/mol. The number of likely N-dealkylation sites (N-methyl/N-ethyl adjacent to an activating group) is 1. The Morgan fingerprint density at radius 2 is 2.00 bits per heavy atom. The van der Waals surface area contributed by atoms with Crippen LogP contribution in [0.2, 0.25) is 0 Å². The van der Waals surface area contributed by atoms with Crippen molar-refractivity contribution < 1.29 is 43.9 Å². The molecule has 6 atom stereocenters. The molecule has 0 bridgehead atoms. The van der Waals surface area contributed by atoms with Crippen LogP contribution < -0.4 is 10.1 Å².